The number of carbonyl (C=O) groups is 1. The molecule has 0 aliphatic carbocycles. The molecule has 0 bridgehead atoms. The Morgan fingerprint density at radius 1 is 1.47 bits per heavy atom. The zero-order valence-corrected chi connectivity index (χ0v) is 9.38. The molecular weight excluding hydrogens is 226 g/mol. The summed E-state index contributed by atoms with van der Waals surface area (Å²) in [6, 6.07) is 0. The van der Waals surface area contributed by atoms with Gasteiger partial charge < -0.3 is 14.9 Å². The van der Waals surface area contributed by atoms with Crippen LogP contribution in [-0.2, 0) is 13.1 Å². The normalized spacial score (nSPS) is 14.7. The molecule has 1 aromatic heterocycles. The molecule has 1 aliphatic heterocycles. The molecule has 0 amide bonds. The second-order valence-electron chi connectivity index (χ2n) is 3.72. The predicted molar refractivity (Wildman–Crippen MR) is 56.7 cm³/mol. The van der Waals surface area contributed by atoms with Crippen molar-refractivity contribution >= 4 is 5.97 Å². The summed E-state index contributed by atoms with van der Waals surface area (Å²) in [4.78, 5) is 20.6. The van der Waals surface area contributed by atoms with Crippen LogP contribution in [0.15, 0.2) is 0 Å². The number of ether oxygens (including phenoxy) is 1. The Morgan fingerprint density at radius 2 is 2.24 bits per heavy atom. The van der Waals surface area contributed by atoms with Gasteiger partial charge in [0.25, 0.3) is 0 Å². The summed E-state index contributed by atoms with van der Waals surface area (Å²) in [5, 5.41) is 17.7. The summed E-state index contributed by atoms with van der Waals surface area (Å²) in [6.07, 6.45) is 0. The van der Waals surface area contributed by atoms with Crippen LogP contribution >= 0.6 is 0 Å². The van der Waals surface area contributed by atoms with Crippen LogP contribution in [0.5, 0.6) is 5.88 Å². The van der Waals surface area contributed by atoms with Crippen LogP contribution in [0.25, 0.3) is 0 Å². The second kappa shape index (κ2) is 4.64. The molecular formula is C10H13N3O4. The fourth-order valence-electron chi connectivity index (χ4n) is 1.85. The number of carboxylic acids is 1. The van der Waals surface area contributed by atoms with Gasteiger partial charge >= 0.3 is 5.97 Å². The lowest BCUT2D eigenvalue weighted by molar-refractivity contribution is 0.0681. The van der Waals surface area contributed by atoms with Crippen molar-refractivity contribution < 1.29 is 19.7 Å². The van der Waals surface area contributed by atoms with Gasteiger partial charge in [-0.1, -0.05) is 0 Å². The number of aromatic nitrogens is 2. The number of methoxy groups -OCH3 is 1. The number of hydrogen-bond acceptors (Lipinski definition) is 6. The highest BCUT2D eigenvalue weighted by Gasteiger charge is 2.26. The highest BCUT2D eigenvalue weighted by atomic mass is 16.5. The number of β-amino-alcohol motifs (C(OH)–C–C–N with tert-alkyl or cyclic N) is 1. The molecule has 0 atom stereocenters. The van der Waals surface area contributed by atoms with E-state index >= 15 is 0 Å². The zero-order valence-electron chi connectivity index (χ0n) is 9.38. The Labute approximate surface area is 97.7 Å². The van der Waals surface area contributed by atoms with Crippen molar-refractivity contribution in [1.82, 2.24) is 14.9 Å². The first-order valence-corrected chi connectivity index (χ1v) is 5.16. The van der Waals surface area contributed by atoms with Gasteiger partial charge in [-0.05, 0) is 0 Å². The van der Waals surface area contributed by atoms with Crippen molar-refractivity contribution in [2.45, 2.75) is 13.1 Å². The number of hydrogen-bond donors (Lipinski definition) is 2. The highest BCUT2D eigenvalue weighted by Crippen LogP contribution is 2.27. The van der Waals surface area contributed by atoms with Crippen molar-refractivity contribution in [2.24, 2.45) is 0 Å². The fourth-order valence-corrected chi connectivity index (χ4v) is 1.85. The van der Waals surface area contributed by atoms with Gasteiger partial charge in [-0.2, -0.15) is 4.98 Å². The van der Waals surface area contributed by atoms with Crippen LogP contribution in [0.4, 0.5) is 0 Å². The van der Waals surface area contributed by atoms with Gasteiger partial charge in [0.05, 0.1) is 25.0 Å². The molecule has 0 fully saturated rings. The van der Waals surface area contributed by atoms with Gasteiger partial charge in [-0.15, -0.1) is 0 Å². The molecule has 0 aromatic carbocycles. The molecule has 0 unspecified atom stereocenters. The number of aromatic carboxylic acids is 1. The molecule has 2 heterocycles. The Balaban J connectivity index is 2.35. The standard InChI is InChI=1S/C10H13N3O4/c1-17-9-6-4-13(2-3-14)5-7(6)11-8(12-9)10(15)16/h14H,2-5H2,1H3,(H,15,16). The lowest BCUT2D eigenvalue weighted by Crippen LogP contribution is -2.20. The summed E-state index contributed by atoms with van der Waals surface area (Å²) in [6.45, 7) is 1.64. The van der Waals surface area contributed by atoms with Gasteiger partial charge in [0, 0.05) is 19.6 Å². The van der Waals surface area contributed by atoms with E-state index in [1.807, 2.05) is 4.90 Å². The van der Waals surface area contributed by atoms with E-state index in [4.69, 9.17) is 14.9 Å². The van der Waals surface area contributed by atoms with Crippen LogP contribution in [-0.4, -0.2) is 51.3 Å². The maximum atomic E-state index is 10.8. The van der Waals surface area contributed by atoms with Gasteiger partial charge in [-0.3, -0.25) is 4.90 Å². The summed E-state index contributed by atoms with van der Waals surface area (Å²) >= 11 is 0. The lowest BCUT2D eigenvalue weighted by atomic mass is 10.2. The first kappa shape index (κ1) is 11.7. The van der Waals surface area contributed by atoms with Crippen molar-refractivity contribution in [3.05, 3.63) is 17.1 Å². The van der Waals surface area contributed by atoms with Crippen LogP contribution in [0.1, 0.15) is 21.9 Å². The van der Waals surface area contributed by atoms with E-state index < -0.39 is 5.97 Å². The number of aliphatic hydroxyl groups excluding tert-OH is 1. The van der Waals surface area contributed by atoms with Crippen molar-refractivity contribution in [3.8, 4) is 5.88 Å². The Kier molecular flexibility index (Phi) is 3.21. The molecule has 0 saturated heterocycles. The van der Waals surface area contributed by atoms with E-state index in [9.17, 15) is 4.79 Å². The smallest absolute Gasteiger partial charge is 0.374 e. The third-order valence-electron chi connectivity index (χ3n) is 2.61. The monoisotopic (exact) mass is 239 g/mol. The van der Waals surface area contributed by atoms with E-state index in [0.717, 1.165) is 5.56 Å². The first-order valence-electron chi connectivity index (χ1n) is 5.16. The van der Waals surface area contributed by atoms with Crippen LogP contribution in [0, 0.1) is 0 Å². The minimum absolute atomic E-state index is 0.0511. The van der Waals surface area contributed by atoms with E-state index in [2.05, 4.69) is 9.97 Å². The average Bonchev–Trinajstić information content (AvgIpc) is 2.70. The first-order chi connectivity index (χ1) is 8.15. The molecule has 2 N–H and O–H groups in total. The molecule has 2 rings (SSSR count). The van der Waals surface area contributed by atoms with Crippen LogP contribution in [0.3, 0.4) is 0 Å². The third-order valence-corrected chi connectivity index (χ3v) is 2.61. The van der Waals surface area contributed by atoms with Crippen molar-refractivity contribution in [2.75, 3.05) is 20.3 Å². The molecule has 92 valence electrons. The Hall–Kier alpha value is -1.73. The molecule has 1 aliphatic rings. The number of carboxylic acid groups (broad SMARTS) is 1. The summed E-state index contributed by atoms with van der Waals surface area (Å²) in [5.41, 5.74) is 1.45. The van der Waals surface area contributed by atoms with Crippen molar-refractivity contribution in [1.29, 1.82) is 0 Å². The van der Waals surface area contributed by atoms with E-state index in [-0.39, 0.29) is 12.4 Å². The Morgan fingerprint density at radius 3 is 2.82 bits per heavy atom. The van der Waals surface area contributed by atoms with Gasteiger partial charge in [0.2, 0.25) is 11.7 Å². The van der Waals surface area contributed by atoms with Gasteiger partial charge in [-0.25, -0.2) is 9.78 Å². The van der Waals surface area contributed by atoms with E-state index in [1.54, 1.807) is 0 Å². The quantitative estimate of drug-likeness (QED) is 0.730. The topological polar surface area (TPSA) is 95.8 Å². The van der Waals surface area contributed by atoms with E-state index in [0.29, 0.717) is 31.2 Å². The number of fused-ring (bicyclic) bond motifs is 1. The van der Waals surface area contributed by atoms with Gasteiger partial charge in [0.15, 0.2) is 0 Å². The van der Waals surface area contributed by atoms with Crippen molar-refractivity contribution in [3.63, 3.8) is 0 Å². The minimum Gasteiger partial charge on any atom is -0.481 e. The number of nitrogens with zero attached hydrogens (tertiary/aromatic N) is 3. The predicted octanol–water partition coefficient (Wildman–Crippen LogP) is -0.509. The fraction of sp³-hybridized carbons (Fsp3) is 0.500. The molecule has 0 radical (unpaired) electrons. The average molecular weight is 239 g/mol. The largest absolute Gasteiger partial charge is 0.481 e. The lowest BCUT2D eigenvalue weighted by Gasteiger charge is -2.11. The molecule has 1 aromatic rings. The summed E-state index contributed by atoms with van der Waals surface area (Å²) < 4.78 is 5.07. The SMILES string of the molecule is COc1nc(C(=O)O)nc2c1CN(CCO)C2. The number of aliphatic hydroxyl groups is 1. The third kappa shape index (κ3) is 2.20. The highest BCUT2D eigenvalue weighted by molar-refractivity contribution is 5.83. The summed E-state index contributed by atoms with van der Waals surface area (Å²) in [7, 11) is 1.45. The maximum absolute atomic E-state index is 10.8. The molecule has 7 heteroatoms. The maximum Gasteiger partial charge on any atom is 0.374 e. The second-order valence-corrected chi connectivity index (χ2v) is 3.72. The van der Waals surface area contributed by atoms with Gasteiger partial charge in [0.1, 0.15) is 0 Å². The summed E-state index contributed by atoms with van der Waals surface area (Å²) in [5.74, 6) is -1.13. The molecule has 0 spiro atoms. The van der Waals surface area contributed by atoms with Crippen LogP contribution in [0.2, 0.25) is 0 Å². The molecule has 0 saturated carbocycles. The Bertz CT molecular complexity index is 449. The van der Waals surface area contributed by atoms with E-state index in [1.165, 1.54) is 7.11 Å². The molecule has 17 heavy (non-hydrogen) atoms. The van der Waals surface area contributed by atoms with Crippen LogP contribution < -0.4 is 4.74 Å². The number of rotatable bonds is 4. The molecule has 7 nitrogen and oxygen atoms in total. The zero-order chi connectivity index (χ0) is 12.4. The minimum atomic E-state index is -1.17.